The molecule has 1 amide bonds. The van der Waals surface area contributed by atoms with E-state index >= 15 is 0 Å². The first kappa shape index (κ1) is 16.5. The van der Waals surface area contributed by atoms with Gasteiger partial charge in [-0.1, -0.05) is 25.3 Å². The molecule has 1 atom stereocenters. The molecule has 0 spiro atoms. The number of piperidine rings is 1. The minimum Gasteiger partial charge on any atom is -0.343 e. The lowest BCUT2D eigenvalue weighted by molar-refractivity contribution is -0.116. The van der Waals surface area contributed by atoms with Crippen molar-refractivity contribution in [1.82, 2.24) is 10.2 Å². The van der Waals surface area contributed by atoms with Gasteiger partial charge >= 0.3 is 0 Å². The van der Waals surface area contributed by atoms with Crippen LogP contribution >= 0.6 is 11.3 Å². The fourth-order valence-electron chi connectivity index (χ4n) is 3.18. The average molecular weight is 330 g/mol. The molecule has 3 rings (SSSR count). The maximum absolute atomic E-state index is 12.0. The summed E-state index contributed by atoms with van der Waals surface area (Å²) >= 11 is 1.78. The molecule has 0 aromatic carbocycles. The Labute approximate surface area is 143 Å². The van der Waals surface area contributed by atoms with E-state index in [9.17, 15) is 4.79 Å². The number of nitrogens with zero attached hydrogens (tertiary/aromatic N) is 1. The van der Waals surface area contributed by atoms with Crippen LogP contribution in [0.25, 0.3) is 0 Å². The number of carbonyl (C=O) groups is 1. The zero-order valence-corrected chi connectivity index (χ0v) is 14.7. The van der Waals surface area contributed by atoms with E-state index in [-0.39, 0.29) is 11.9 Å². The zero-order chi connectivity index (χ0) is 16.1. The first-order chi connectivity index (χ1) is 11.2. The van der Waals surface area contributed by atoms with Crippen LogP contribution in [-0.2, 0) is 4.79 Å². The number of carbonyl (C=O) groups excluding carboxylic acids is 1. The molecule has 1 aliphatic carbocycles. The fraction of sp³-hybridized carbons (Fsp3) is 0.632. The Morgan fingerprint density at radius 2 is 2.17 bits per heavy atom. The van der Waals surface area contributed by atoms with E-state index in [0.29, 0.717) is 12.5 Å². The molecule has 1 saturated carbocycles. The van der Waals surface area contributed by atoms with E-state index in [1.165, 1.54) is 24.1 Å². The first-order valence-corrected chi connectivity index (χ1v) is 9.67. The summed E-state index contributed by atoms with van der Waals surface area (Å²) < 4.78 is 0. The molecule has 0 bridgehead atoms. The maximum Gasteiger partial charge on any atom is 0.295 e. The van der Waals surface area contributed by atoms with Gasteiger partial charge < -0.3 is 5.32 Å². The molecule has 0 radical (unpaired) electrons. The van der Waals surface area contributed by atoms with Crippen LogP contribution in [0.15, 0.2) is 17.5 Å². The second-order valence-electron chi connectivity index (χ2n) is 6.86. The molecule has 1 aliphatic heterocycles. The van der Waals surface area contributed by atoms with Crippen molar-refractivity contribution in [3.8, 4) is 11.8 Å². The topological polar surface area (TPSA) is 32.3 Å². The number of likely N-dealkylation sites (tertiary alicyclic amines) is 1. The second-order valence-corrected chi connectivity index (χ2v) is 7.84. The molecule has 4 heteroatoms. The number of hydrogen-bond donors (Lipinski definition) is 1. The molecule has 2 fully saturated rings. The van der Waals surface area contributed by atoms with Gasteiger partial charge in [-0.05, 0) is 62.1 Å². The van der Waals surface area contributed by atoms with Gasteiger partial charge in [0.2, 0.25) is 0 Å². The minimum absolute atomic E-state index is 0.121. The average Bonchev–Trinajstić information content (AvgIpc) is 3.02. The van der Waals surface area contributed by atoms with Gasteiger partial charge in [-0.15, -0.1) is 11.3 Å². The predicted octanol–water partition coefficient (Wildman–Crippen LogP) is 3.44. The van der Waals surface area contributed by atoms with Crippen molar-refractivity contribution in [2.24, 2.45) is 11.8 Å². The standard InChI is InChI=1S/C19H26N2OS/c1-15-9-11-21(12-10-15)17(18-6-3-13-23-18)14-20-19(22)8-7-16-4-2-5-16/h3,6,13,15-17H,2,4-5,9-12,14H2,1H3,(H,20,22). The molecular formula is C19H26N2OS. The van der Waals surface area contributed by atoms with Gasteiger partial charge in [0, 0.05) is 17.3 Å². The van der Waals surface area contributed by atoms with E-state index < -0.39 is 0 Å². The third kappa shape index (κ3) is 4.59. The van der Waals surface area contributed by atoms with Crippen LogP contribution in [0.5, 0.6) is 0 Å². The molecule has 1 N–H and O–H groups in total. The van der Waals surface area contributed by atoms with E-state index in [4.69, 9.17) is 0 Å². The van der Waals surface area contributed by atoms with Crippen molar-refractivity contribution < 1.29 is 4.79 Å². The molecule has 1 aromatic heterocycles. The number of rotatable bonds is 4. The Morgan fingerprint density at radius 1 is 1.39 bits per heavy atom. The third-order valence-corrected chi connectivity index (χ3v) is 6.06. The van der Waals surface area contributed by atoms with Crippen LogP contribution < -0.4 is 5.32 Å². The SMILES string of the molecule is CC1CCN(C(CNC(=O)C#CC2CCC2)c2cccs2)CC1. The molecular weight excluding hydrogens is 304 g/mol. The normalized spacial score (nSPS) is 21.1. The lowest BCUT2D eigenvalue weighted by Crippen LogP contribution is -2.41. The van der Waals surface area contributed by atoms with Gasteiger partial charge in [-0.2, -0.15) is 0 Å². The summed E-state index contributed by atoms with van der Waals surface area (Å²) in [5.41, 5.74) is 0. The van der Waals surface area contributed by atoms with E-state index in [2.05, 4.69) is 46.5 Å². The summed E-state index contributed by atoms with van der Waals surface area (Å²) in [6.07, 6.45) is 6.07. The van der Waals surface area contributed by atoms with Crippen molar-refractivity contribution in [2.75, 3.05) is 19.6 Å². The highest BCUT2D eigenvalue weighted by molar-refractivity contribution is 7.10. The van der Waals surface area contributed by atoms with E-state index in [1.807, 2.05) is 0 Å². The van der Waals surface area contributed by atoms with Gasteiger partial charge in [0.15, 0.2) is 0 Å². The second kappa shape index (κ2) is 7.99. The van der Waals surface area contributed by atoms with Crippen LogP contribution in [0.1, 0.15) is 49.9 Å². The lowest BCUT2D eigenvalue weighted by atomic mass is 9.86. The summed E-state index contributed by atoms with van der Waals surface area (Å²) in [6.45, 7) is 5.23. The Hall–Kier alpha value is -1.31. The van der Waals surface area contributed by atoms with Gasteiger partial charge in [-0.3, -0.25) is 9.69 Å². The Bertz CT molecular complexity index is 560. The molecule has 2 aliphatic rings. The molecule has 124 valence electrons. The van der Waals surface area contributed by atoms with Gasteiger partial charge in [-0.25, -0.2) is 0 Å². The first-order valence-electron chi connectivity index (χ1n) is 8.79. The van der Waals surface area contributed by atoms with Crippen LogP contribution in [-0.4, -0.2) is 30.4 Å². The minimum atomic E-state index is -0.121. The predicted molar refractivity (Wildman–Crippen MR) is 95.2 cm³/mol. The van der Waals surface area contributed by atoms with Gasteiger partial charge in [0.05, 0.1) is 6.04 Å². The van der Waals surface area contributed by atoms with E-state index in [1.54, 1.807) is 11.3 Å². The highest BCUT2D eigenvalue weighted by Gasteiger charge is 2.25. The Morgan fingerprint density at radius 3 is 2.78 bits per heavy atom. The quantitative estimate of drug-likeness (QED) is 0.858. The summed E-state index contributed by atoms with van der Waals surface area (Å²) in [7, 11) is 0. The van der Waals surface area contributed by atoms with Crippen molar-refractivity contribution in [1.29, 1.82) is 0 Å². The molecule has 3 nitrogen and oxygen atoms in total. The molecule has 1 saturated heterocycles. The summed E-state index contributed by atoms with van der Waals surface area (Å²) in [5, 5.41) is 5.15. The van der Waals surface area contributed by atoms with Gasteiger partial charge in [0.25, 0.3) is 5.91 Å². The summed E-state index contributed by atoms with van der Waals surface area (Å²) in [6, 6.07) is 4.56. The lowest BCUT2D eigenvalue weighted by Gasteiger charge is -2.36. The van der Waals surface area contributed by atoms with Crippen molar-refractivity contribution in [3.63, 3.8) is 0 Å². The monoisotopic (exact) mass is 330 g/mol. The highest BCUT2D eigenvalue weighted by Crippen LogP contribution is 2.29. The number of nitrogens with one attached hydrogen (secondary N) is 1. The Kier molecular flexibility index (Phi) is 5.75. The molecule has 2 heterocycles. The largest absolute Gasteiger partial charge is 0.343 e. The van der Waals surface area contributed by atoms with Crippen LogP contribution in [0, 0.1) is 23.7 Å². The molecule has 23 heavy (non-hydrogen) atoms. The Balaban J connectivity index is 1.57. The molecule has 1 unspecified atom stereocenters. The highest BCUT2D eigenvalue weighted by atomic mass is 32.1. The number of hydrogen-bond acceptors (Lipinski definition) is 3. The van der Waals surface area contributed by atoms with Crippen molar-refractivity contribution >= 4 is 17.2 Å². The number of amides is 1. The van der Waals surface area contributed by atoms with Crippen LogP contribution in [0.2, 0.25) is 0 Å². The maximum atomic E-state index is 12.0. The summed E-state index contributed by atoms with van der Waals surface area (Å²) in [5.74, 6) is 7.02. The van der Waals surface area contributed by atoms with Crippen molar-refractivity contribution in [2.45, 2.75) is 45.1 Å². The van der Waals surface area contributed by atoms with Crippen molar-refractivity contribution in [3.05, 3.63) is 22.4 Å². The molecule has 1 aromatic rings. The van der Waals surface area contributed by atoms with Gasteiger partial charge in [0.1, 0.15) is 0 Å². The van der Waals surface area contributed by atoms with Crippen LogP contribution in [0.4, 0.5) is 0 Å². The third-order valence-electron chi connectivity index (χ3n) is 5.08. The number of thiophene rings is 1. The smallest absolute Gasteiger partial charge is 0.295 e. The fourth-order valence-corrected chi connectivity index (χ4v) is 4.05. The zero-order valence-electron chi connectivity index (χ0n) is 13.9. The summed E-state index contributed by atoms with van der Waals surface area (Å²) in [4.78, 5) is 15.9. The van der Waals surface area contributed by atoms with E-state index in [0.717, 1.165) is 31.8 Å². The van der Waals surface area contributed by atoms with Crippen LogP contribution in [0.3, 0.4) is 0 Å².